The first-order valence-electron chi connectivity index (χ1n) is 6.63. The van der Waals surface area contributed by atoms with Crippen LogP contribution in [0.5, 0.6) is 0 Å². The number of nitrogens with one attached hydrogen (secondary N) is 1. The minimum atomic E-state index is 0.528. The van der Waals surface area contributed by atoms with E-state index in [9.17, 15) is 0 Å². The van der Waals surface area contributed by atoms with Gasteiger partial charge in [-0.15, -0.1) is 0 Å². The Kier molecular flexibility index (Phi) is 4.01. The molecule has 1 aliphatic heterocycles. The fraction of sp³-hybridized carbons (Fsp3) is 0.692. The first-order chi connectivity index (χ1) is 8.54. The Hall–Kier alpha value is -1.36. The highest BCUT2D eigenvalue weighted by Crippen LogP contribution is 2.19. The third-order valence-electron chi connectivity index (χ3n) is 3.48. The lowest BCUT2D eigenvalue weighted by Crippen LogP contribution is -2.29. The van der Waals surface area contributed by atoms with E-state index in [0.717, 1.165) is 12.4 Å². The van der Waals surface area contributed by atoms with Crippen LogP contribution in [0.2, 0.25) is 0 Å². The number of hydrogen-bond acceptors (Lipinski definition) is 5. The molecule has 1 saturated heterocycles. The van der Waals surface area contributed by atoms with Gasteiger partial charge in [0, 0.05) is 25.2 Å². The molecule has 100 valence electrons. The number of anilines is 2. The van der Waals surface area contributed by atoms with Crippen molar-refractivity contribution in [2.75, 3.05) is 30.7 Å². The van der Waals surface area contributed by atoms with Crippen LogP contribution in [0.15, 0.2) is 6.07 Å². The largest absolute Gasteiger partial charge is 0.384 e. The number of nitrogen functional groups attached to an aromatic ring is 1. The first-order valence-corrected chi connectivity index (χ1v) is 6.63. The Bertz CT molecular complexity index is 384. The molecule has 3 N–H and O–H groups in total. The van der Waals surface area contributed by atoms with Crippen molar-refractivity contribution >= 4 is 11.6 Å². The van der Waals surface area contributed by atoms with Crippen molar-refractivity contribution in [3.8, 4) is 0 Å². The molecule has 0 amide bonds. The van der Waals surface area contributed by atoms with Crippen LogP contribution in [0, 0.1) is 12.8 Å². The summed E-state index contributed by atoms with van der Waals surface area (Å²) in [5.74, 6) is 2.78. The number of aryl methyl sites for hydroxylation is 1. The van der Waals surface area contributed by atoms with Crippen LogP contribution in [-0.4, -0.2) is 40.5 Å². The van der Waals surface area contributed by atoms with E-state index in [1.165, 1.54) is 19.5 Å². The third-order valence-corrected chi connectivity index (χ3v) is 3.48. The van der Waals surface area contributed by atoms with E-state index in [2.05, 4.69) is 34.0 Å². The summed E-state index contributed by atoms with van der Waals surface area (Å²) in [5, 5.41) is 3.37. The molecular weight excluding hydrogens is 226 g/mol. The fourth-order valence-corrected chi connectivity index (χ4v) is 2.43. The SMILES string of the molecule is Cc1nc(N)cc(NCC2CCN(C(C)C)C2)n1. The van der Waals surface area contributed by atoms with Crippen molar-refractivity contribution in [2.24, 2.45) is 5.92 Å². The van der Waals surface area contributed by atoms with Gasteiger partial charge in [0.15, 0.2) is 0 Å². The summed E-state index contributed by atoms with van der Waals surface area (Å²) < 4.78 is 0. The summed E-state index contributed by atoms with van der Waals surface area (Å²) in [6.45, 7) is 9.70. The van der Waals surface area contributed by atoms with Crippen molar-refractivity contribution in [2.45, 2.75) is 33.2 Å². The van der Waals surface area contributed by atoms with Gasteiger partial charge in [-0.1, -0.05) is 0 Å². The van der Waals surface area contributed by atoms with Gasteiger partial charge in [-0.2, -0.15) is 0 Å². The summed E-state index contributed by atoms with van der Waals surface area (Å²) in [7, 11) is 0. The number of nitrogens with two attached hydrogens (primary N) is 1. The standard InChI is InChI=1S/C13H23N5/c1-9(2)18-5-4-11(8-18)7-15-13-6-12(14)16-10(3)17-13/h6,9,11H,4-5,7-8H2,1-3H3,(H3,14,15,16,17). The van der Waals surface area contributed by atoms with Gasteiger partial charge in [0.2, 0.25) is 0 Å². The highest BCUT2D eigenvalue weighted by molar-refractivity contribution is 5.44. The Labute approximate surface area is 109 Å². The molecule has 2 heterocycles. The van der Waals surface area contributed by atoms with Crippen LogP contribution >= 0.6 is 0 Å². The van der Waals surface area contributed by atoms with E-state index in [1.807, 2.05) is 6.92 Å². The highest BCUT2D eigenvalue weighted by atomic mass is 15.2. The second kappa shape index (κ2) is 5.52. The lowest BCUT2D eigenvalue weighted by molar-refractivity contribution is 0.266. The zero-order valence-corrected chi connectivity index (χ0v) is 11.5. The van der Waals surface area contributed by atoms with Gasteiger partial charge < -0.3 is 16.0 Å². The molecule has 1 aliphatic rings. The Morgan fingerprint density at radius 3 is 2.89 bits per heavy atom. The molecule has 5 heteroatoms. The molecule has 1 aromatic rings. The molecule has 1 aromatic heterocycles. The molecule has 0 saturated carbocycles. The lowest BCUT2D eigenvalue weighted by atomic mass is 10.1. The number of aromatic nitrogens is 2. The summed E-state index contributed by atoms with van der Waals surface area (Å²) in [5.41, 5.74) is 5.71. The molecule has 2 rings (SSSR count). The smallest absolute Gasteiger partial charge is 0.131 e. The first kappa shape index (κ1) is 13.1. The van der Waals surface area contributed by atoms with E-state index in [0.29, 0.717) is 23.6 Å². The molecular formula is C13H23N5. The Morgan fingerprint density at radius 2 is 2.28 bits per heavy atom. The van der Waals surface area contributed by atoms with Crippen LogP contribution < -0.4 is 11.1 Å². The average molecular weight is 249 g/mol. The van der Waals surface area contributed by atoms with Crippen LogP contribution in [0.1, 0.15) is 26.1 Å². The van der Waals surface area contributed by atoms with E-state index in [-0.39, 0.29) is 0 Å². The summed E-state index contributed by atoms with van der Waals surface area (Å²) in [4.78, 5) is 10.9. The third kappa shape index (κ3) is 3.32. The van der Waals surface area contributed by atoms with Crippen LogP contribution in [0.25, 0.3) is 0 Å². The second-order valence-electron chi connectivity index (χ2n) is 5.35. The van der Waals surface area contributed by atoms with E-state index in [4.69, 9.17) is 5.73 Å². The van der Waals surface area contributed by atoms with E-state index < -0.39 is 0 Å². The van der Waals surface area contributed by atoms with Crippen molar-refractivity contribution in [1.29, 1.82) is 0 Å². The molecule has 1 fully saturated rings. The quantitative estimate of drug-likeness (QED) is 0.846. The van der Waals surface area contributed by atoms with Crippen LogP contribution in [0.3, 0.4) is 0 Å². The number of hydrogen-bond donors (Lipinski definition) is 2. The Balaban J connectivity index is 1.85. The summed E-state index contributed by atoms with van der Waals surface area (Å²) >= 11 is 0. The zero-order chi connectivity index (χ0) is 13.1. The van der Waals surface area contributed by atoms with Gasteiger partial charge >= 0.3 is 0 Å². The lowest BCUT2D eigenvalue weighted by Gasteiger charge is -2.20. The maximum absolute atomic E-state index is 5.71. The minimum absolute atomic E-state index is 0.528. The van der Waals surface area contributed by atoms with E-state index in [1.54, 1.807) is 6.07 Å². The fourth-order valence-electron chi connectivity index (χ4n) is 2.43. The maximum Gasteiger partial charge on any atom is 0.131 e. The molecule has 0 aliphatic carbocycles. The molecule has 1 unspecified atom stereocenters. The maximum atomic E-state index is 5.71. The van der Waals surface area contributed by atoms with Crippen molar-refractivity contribution in [1.82, 2.24) is 14.9 Å². The molecule has 0 aromatic carbocycles. The van der Waals surface area contributed by atoms with Crippen molar-refractivity contribution in [3.63, 3.8) is 0 Å². The van der Waals surface area contributed by atoms with Gasteiger partial charge in [0.1, 0.15) is 17.5 Å². The molecule has 1 atom stereocenters. The summed E-state index contributed by atoms with van der Waals surface area (Å²) in [6.07, 6.45) is 1.25. The molecule has 0 spiro atoms. The Morgan fingerprint density at radius 1 is 1.50 bits per heavy atom. The highest BCUT2D eigenvalue weighted by Gasteiger charge is 2.23. The van der Waals surface area contributed by atoms with Crippen molar-refractivity contribution in [3.05, 3.63) is 11.9 Å². The second-order valence-corrected chi connectivity index (χ2v) is 5.35. The number of likely N-dealkylation sites (tertiary alicyclic amines) is 1. The van der Waals surface area contributed by atoms with Gasteiger partial charge in [-0.25, -0.2) is 9.97 Å². The normalized spacial score (nSPS) is 20.6. The summed E-state index contributed by atoms with van der Waals surface area (Å²) in [6, 6.07) is 2.44. The van der Waals surface area contributed by atoms with Crippen LogP contribution in [0.4, 0.5) is 11.6 Å². The van der Waals surface area contributed by atoms with Gasteiger partial charge in [-0.05, 0) is 39.7 Å². The molecule has 0 bridgehead atoms. The predicted molar refractivity (Wildman–Crippen MR) is 74.5 cm³/mol. The molecule has 18 heavy (non-hydrogen) atoms. The van der Waals surface area contributed by atoms with Gasteiger partial charge in [-0.3, -0.25) is 0 Å². The van der Waals surface area contributed by atoms with E-state index >= 15 is 0 Å². The topological polar surface area (TPSA) is 67.1 Å². The zero-order valence-electron chi connectivity index (χ0n) is 11.5. The minimum Gasteiger partial charge on any atom is -0.384 e. The average Bonchev–Trinajstić information content (AvgIpc) is 2.73. The van der Waals surface area contributed by atoms with Gasteiger partial charge in [0.05, 0.1) is 0 Å². The monoisotopic (exact) mass is 249 g/mol. The number of rotatable bonds is 4. The van der Waals surface area contributed by atoms with Gasteiger partial charge in [0.25, 0.3) is 0 Å². The van der Waals surface area contributed by atoms with Crippen LogP contribution in [-0.2, 0) is 0 Å². The number of nitrogens with zero attached hydrogens (tertiary/aromatic N) is 3. The molecule has 5 nitrogen and oxygen atoms in total. The molecule has 0 radical (unpaired) electrons. The van der Waals surface area contributed by atoms with Crippen molar-refractivity contribution < 1.29 is 0 Å². The predicted octanol–water partition coefficient (Wildman–Crippen LogP) is 1.51.